The standard InChI is InChI=1S/C19H21N5O4/c1-11-9-17(23-28-11)22-16-6-4-5-14(21-16)15-10-24(7-8-26-15)19(25)18-12(2)20-13(3)27-18/h4-6,9,15H,7-8,10H2,1-3H3,(H,21,22,23)/t15-/m1/s1. The summed E-state index contributed by atoms with van der Waals surface area (Å²) in [7, 11) is 0. The summed E-state index contributed by atoms with van der Waals surface area (Å²) in [5, 5.41) is 7.00. The summed E-state index contributed by atoms with van der Waals surface area (Å²) >= 11 is 0. The maximum atomic E-state index is 12.8. The predicted molar refractivity (Wildman–Crippen MR) is 99.3 cm³/mol. The van der Waals surface area contributed by atoms with Gasteiger partial charge in [0.25, 0.3) is 5.91 Å². The quantitative estimate of drug-likeness (QED) is 0.733. The van der Waals surface area contributed by atoms with Crippen molar-refractivity contribution in [3.05, 3.63) is 53.1 Å². The van der Waals surface area contributed by atoms with Crippen LogP contribution in [0.4, 0.5) is 11.6 Å². The molecule has 9 nitrogen and oxygen atoms in total. The predicted octanol–water partition coefficient (Wildman–Crippen LogP) is 2.94. The average molecular weight is 383 g/mol. The van der Waals surface area contributed by atoms with Gasteiger partial charge in [0.2, 0.25) is 5.76 Å². The van der Waals surface area contributed by atoms with E-state index in [0.29, 0.717) is 48.7 Å². The molecule has 0 saturated carbocycles. The molecule has 0 radical (unpaired) electrons. The zero-order chi connectivity index (χ0) is 19.7. The van der Waals surface area contributed by atoms with Crippen molar-refractivity contribution < 1.29 is 18.5 Å². The summed E-state index contributed by atoms with van der Waals surface area (Å²) < 4.78 is 16.4. The van der Waals surface area contributed by atoms with Crippen LogP contribution >= 0.6 is 0 Å². The van der Waals surface area contributed by atoms with E-state index in [1.807, 2.05) is 25.1 Å². The molecular weight excluding hydrogens is 362 g/mol. The monoisotopic (exact) mass is 383 g/mol. The number of rotatable bonds is 4. The van der Waals surface area contributed by atoms with Gasteiger partial charge in [0, 0.05) is 19.5 Å². The summed E-state index contributed by atoms with van der Waals surface area (Å²) in [5.74, 6) is 2.50. The van der Waals surface area contributed by atoms with E-state index in [1.54, 1.807) is 24.8 Å². The number of hydrogen-bond acceptors (Lipinski definition) is 8. The molecule has 0 unspecified atom stereocenters. The number of ether oxygens (including phenoxy) is 1. The van der Waals surface area contributed by atoms with E-state index in [2.05, 4.69) is 20.4 Å². The molecule has 1 fully saturated rings. The second-order valence-electron chi connectivity index (χ2n) is 6.65. The van der Waals surface area contributed by atoms with E-state index in [1.165, 1.54) is 0 Å². The Morgan fingerprint density at radius 3 is 2.79 bits per heavy atom. The summed E-state index contributed by atoms with van der Waals surface area (Å²) in [4.78, 5) is 23.3. The lowest BCUT2D eigenvalue weighted by Gasteiger charge is -2.32. The molecule has 0 spiro atoms. The summed E-state index contributed by atoms with van der Waals surface area (Å²) in [6, 6.07) is 7.38. The molecular formula is C19H21N5O4. The average Bonchev–Trinajstić information content (AvgIpc) is 3.25. The highest BCUT2D eigenvalue weighted by molar-refractivity contribution is 5.92. The normalized spacial score (nSPS) is 17.0. The second kappa shape index (κ2) is 7.43. The topological polar surface area (TPSA) is 107 Å². The lowest BCUT2D eigenvalue weighted by molar-refractivity contribution is -0.0256. The highest BCUT2D eigenvalue weighted by Gasteiger charge is 2.30. The van der Waals surface area contributed by atoms with Gasteiger partial charge in [-0.05, 0) is 26.0 Å². The van der Waals surface area contributed by atoms with Gasteiger partial charge in [0.15, 0.2) is 11.7 Å². The first kappa shape index (κ1) is 18.2. The third-order valence-electron chi connectivity index (χ3n) is 4.44. The number of aryl methyl sites for hydroxylation is 3. The van der Waals surface area contributed by atoms with Crippen LogP contribution < -0.4 is 5.32 Å². The number of anilines is 2. The molecule has 146 valence electrons. The van der Waals surface area contributed by atoms with Crippen molar-refractivity contribution in [2.24, 2.45) is 0 Å². The van der Waals surface area contributed by atoms with Crippen molar-refractivity contribution in [3.8, 4) is 0 Å². The largest absolute Gasteiger partial charge is 0.436 e. The Labute approximate surface area is 161 Å². The van der Waals surface area contributed by atoms with Gasteiger partial charge in [-0.15, -0.1) is 0 Å². The van der Waals surface area contributed by atoms with Gasteiger partial charge in [-0.3, -0.25) is 4.79 Å². The molecule has 4 rings (SSSR count). The first-order valence-electron chi connectivity index (χ1n) is 9.02. The van der Waals surface area contributed by atoms with Gasteiger partial charge < -0.3 is 23.9 Å². The minimum atomic E-state index is -0.331. The number of nitrogens with zero attached hydrogens (tertiary/aromatic N) is 4. The Kier molecular flexibility index (Phi) is 4.82. The molecule has 28 heavy (non-hydrogen) atoms. The number of morpholine rings is 1. The number of hydrogen-bond donors (Lipinski definition) is 1. The number of nitrogens with one attached hydrogen (secondary N) is 1. The van der Waals surface area contributed by atoms with Gasteiger partial charge in [0.05, 0.1) is 24.5 Å². The minimum Gasteiger partial charge on any atom is -0.436 e. The first-order valence-corrected chi connectivity index (χ1v) is 9.02. The summed E-state index contributed by atoms with van der Waals surface area (Å²) in [5.41, 5.74) is 1.32. The molecule has 0 aliphatic carbocycles. The van der Waals surface area contributed by atoms with Crippen LogP contribution in [0.15, 0.2) is 33.2 Å². The van der Waals surface area contributed by atoms with Crippen molar-refractivity contribution >= 4 is 17.5 Å². The van der Waals surface area contributed by atoms with Gasteiger partial charge in [-0.25, -0.2) is 9.97 Å². The number of oxazole rings is 1. The maximum absolute atomic E-state index is 12.8. The Hall–Kier alpha value is -3.20. The molecule has 1 atom stereocenters. The molecule has 3 aromatic rings. The fraction of sp³-hybridized carbons (Fsp3) is 0.368. The van der Waals surface area contributed by atoms with E-state index in [9.17, 15) is 4.79 Å². The lowest BCUT2D eigenvalue weighted by Crippen LogP contribution is -2.42. The summed E-state index contributed by atoms with van der Waals surface area (Å²) in [6.07, 6.45) is -0.331. The van der Waals surface area contributed by atoms with Crippen LogP contribution in [-0.2, 0) is 4.74 Å². The third-order valence-corrected chi connectivity index (χ3v) is 4.44. The minimum absolute atomic E-state index is 0.182. The molecule has 0 aromatic carbocycles. The van der Waals surface area contributed by atoms with E-state index in [0.717, 1.165) is 5.69 Å². The zero-order valence-electron chi connectivity index (χ0n) is 15.9. The van der Waals surface area contributed by atoms with Gasteiger partial charge >= 0.3 is 0 Å². The molecule has 1 amide bonds. The second-order valence-corrected chi connectivity index (χ2v) is 6.65. The Morgan fingerprint density at radius 1 is 1.21 bits per heavy atom. The fourth-order valence-electron chi connectivity index (χ4n) is 3.14. The molecule has 1 saturated heterocycles. The van der Waals surface area contributed by atoms with E-state index in [4.69, 9.17) is 13.7 Å². The van der Waals surface area contributed by atoms with Gasteiger partial charge in [-0.1, -0.05) is 11.2 Å². The van der Waals surface area contributed by atoms with E-state index < -0.39 is 0 Å². The fourth-order valence-corrected chi connectivity index (χ4v) is 3.14. The molecule has 1 aliphatic heterocycles. The maximum Gasteiger partial charge on any atom is 0.291 e. The van der Waals surface area contributed by atoms with Crippen LogP contribution in [0, 0.1) is 20.8 Å². The molecule has 4 heterocycles. The van der Waals surface area contributed by atoms with Crippen molar-refractivity contribution in [2.45, 2.75) is 26.9 Å². The molecule has 0 bridgehead atoms. The van der Waals surface area contributed by atoms with Crippen LogP contribution in [0.1, 0.15) is 39.7 Å². The number of carbonyl (C=O) groups is 1. The molecule has 1 aliphatic rings. The molecule has 1 N–H and O–H groups in total. The lowest BCUT2D eigenvalue weighted by atomic mass is 10.1. The Balaban J connectivity index is 1.49. The zero-order valence-corrected chi connectivity index (χ0v) is 15.9. The molecule has 3 aromatic heterocycles. The van der Waals surface area contributed by atoms with E-state index >= 15 is 0 Å². The van der Waals surface area contributed by atoms with Crippen molar-refractivity contribution in [3.63, 3.8) is 0 Å². The van der Waals surface area contributed by atoms with Crippen LogP contribution in [0.2, 0.25) is 0 Å². The SMILES string of the molecule is Cc1cc(Nc2cccc([C@H]3CN(C(=O)c4oc(C)nc4C)CCO3)n2)no1. The van der Waals surface area contributed by atoms with Crippen LogP contribution in [-0.4, -0.2) is 45.6 Å². The Morgan fingerprint density at radius 2 is 2.07 bits per heavy atom. The number of pyridine rings is 1. The van der Waals surface area contributed by atoms with Crippen LogP contribution in [0.5, 0.6) is 0 Å². The summed E-state index contributed by atoms with van der Waals surface area (Å²) in [6.45, 7) is 6.61. The van der Waals surface area contributed by atoms with Crippen LogP contribution in [0.3, 0.4) is 0 Å². The number of amides is 1. The van der Waals surface area contributed by atoms with Crippen molar-refractivity contribution in [1.82, 2.24) is 20.0 Å². The first-order chi connectivity index (χ1) is 13.5. The highest BCUT2D eigenvalue weighted by Crippen LogP contribution is 2.25. The Bertz CT molecular complexity index is 996. The molecule has 9 heteroatoms. The number of carbonyl (C=O) groups excluding carboxylic acids is 1. The van der Waals surface area contributed by atoms with Crippen LogP contribution in [0.25, 0.3) is 0 Å². The van der Waals surface area contributed by atoms with Crippen molar-refractivity contribution in [1.29, 1.82) is 0 Å². The van der Waals surface area contributed by atoms with Gasteiger partial charge in [0.1, 0.15) is 17.7 Å². The number of aromatic nitrogens is 3. The van der Waals surface area contributed by atoms with Gasteiger partial charge in [-0.2, -0.15) is 0 Å². The third kappa shape index (κ3) is 3.74. The highest BCUT2D eigenvalue weighted by atomic mass is 16.5. The smallest absolute Gasteiger partial charge is 0.291 e. The van der Waals surface area contributed by atoms with E-state index in [-0.39, 0.29) is 17.8 Å². The van der Waals surface area contributed by atoms with Crippen molar-refractivity contribution in [2.75, 3.05) is 25.0 Å².